The lowest BCUT2D eigenvalue weighted by Gasteiger charge is -2.54. The summed E-state index contributed by atoms with van der Waals surface area (Å²) < 4.78 is 0. The van der Waals surface area contributed by atoms with Gasteiger partial charge in [0.25, 0.3) is 0 Å². The molecule has 0 N–H and O–H groups in total. The van der Waals surface area contributed by atoms with Gasteiger partial charge in [0.1, 0.15) is 0 Å². The smallest absolute Gasteiger partial charge is 0.0132 e. The molecule has 120 valence electrons. The van der Waals surface area contributed by atoms with Crippen LogP contribution in [0, 0.1) is 11.8 Å². The molecule has 3 fully saturated rings. The molecule has 2 atom stereocenters. The molecule has 2 aliphatic carbocycles. The van der Waals surface area contributed by atoms with Crippen molar-refractivity contribution in [1.29, 1.82) is 0 Å². The SMILES string of the molecule is c1ccc(P2[C@@H](C3CCCCC3)C[C@@H]2C2CCCCC2)cc1. The van der Waals surface area contributed by atoms with Gasteiger partial charge < -0.3 is 0 Å². The van der Waals surface area contributed by atoms with Crippen LogP contribution in [0.2, 0.25) is 0 Å². The second kappa shape index (κ2) is 7.04. The number of hydrogen-bond donors (Lipinski definition) is 0. The van der Waals surface area contributed by atoms with E-state index in [0.29, 0.717) is 0 Å². The summed E-state index contributed by atoms with van der Waals surface area (Å²) in [6.45, 7) is 0. The minimum atomic E-state index is 0.135. The molecule has 0 unspecified atom stereocenters. The van der Waals surface area contributed by atoms with Gasteiger partial charge in [0.15, 0.2) is 0 Å². The van der Waals surface area contributed by atoms with E-state index in [1.54, 1.807) is 11.7 Å². The van der Waals surface area contributed by atoms with E-state index in [9.17, 15) is 0 Å². The van der Waals surface area contributed by atoms with Gasteiger partial charge in [0.2, 0.25) is 0 Å². The molecule has 0 spiro atoms. The van der Waals surface area contributed by atoms with Crippen LogP contribution in [0.15, 0.2) is 30.3 Å². The quantitative estimate of drug-likeness (QED) is 0.592. The van der Waals surface area contributed by atoms with Crippen LogP contribution in [-0.4, -0.2) is 11.3 Å². The van der Waals surface area contributed by atoms with Crippen molar-refractivity contribution in [3.8, 4) is 0 Å². The average Bonchev–Trinajstić information content (AvgIpc) is 2.57. The maximum Gasteiger partial charge on any atom is -0.0132 e. The molecule has 1 heterocycles. The Hall–Kier alpha value is -0.350. The van der Waals surface area contributed by atoms with Crippen LogP contribution in [-0.2, 0) is 0 Å². The van der Waals surface area contributed by atoms with E-state index in [2.05, 4.69) is 30.3 Å². The molecule has 22 heavy (non-hydrogen) atoms. The van der Waals surface area contributed by atoms with Gasteiger partial charge in [-0.05, 0) is 60.6 Å². The van der Waals surface area contributed by atoms with Crippen LogP contribution in [0.5, 0.6) is 0 Å². The first-order valence-corrected chi connectivity index (χ1v) is 11.2. The largest absolute Gasteiger partial charge is 0.0684 e. The van der Waals surface area contributed by atoms with Crippen LogP contribution in [0.25, 0.3) is 0 Å². The zero-order chi connectivity index (χ0) is 14.8. The molecule has 1 aliphatic heterocycles. The zero-order valence-corrected chi connectivity index (χ0v) is 14.8. The van der Waals surface area contributed by atoms with Gasteiger partial charge in [-0.2, -0.15) is 0 Å². The molecule has 1 aromatic rings. The van der Waals surface area contributed by atoms with Gasteiger partial charge in [0, 0.05) is 0 Å². The molecule has 3 aliphatic rings. The average molecular weight is 314 g/mol. The highest BCUT2D eigenvalue weighted by molar-refractivity contribution is 7.68. The van der Waals surface area contributed by atoms with Crippen LogP contribution >= 0.6 is 7.92 Å². The summed E-state index contributed by atoms with van der Waals surface area (Å²) in [4.78, 5) is 0. The molecule has 0 amide bonds. The van der Waals surface area contributed by atoms with Gasteiger partial charge in [-0.25, -0.2) is 0 Å². The highest BCUT2D eigenvalue weighted by Gasteiger charge is 2.48. The van der Waals surface area contributed by atoms with Gasteiger partial charge >= 0.3 is 0 Å². The molecule has 0 nitrogen and oxygen atoms in total. The summed E-state index contributed by atoms with van der Waals surface area (Å²) in [5, 5.41) is 1.73. The number of hydrogen-bond acceptors (Lipinski definition) is 0. The lowest BCUT2D eigenvalue weighted by Crippen LogP contribution is -2.44. The van der Waals surface area contributed by atoms with E-state index >= 15 is 0 Å². The Morgan fingerprint density at radius 2 is 1.14 bits per heavy atom. The third kappa shape index (κ3) is 3.01. The second-order valence-electron chi connectivity index (χ2n) is 7.91. The Kier molecular flexibility index (Phi) is 4.86. The Morgan fingerprint density at radius 1 is 0.636 bits per heavy atom. The fourth-order valence-electron chi connectivity index (χ4n) is 5.44. The Morgan fingerprint density at radius 3 is 1.64 bits per heavy atom. The van der Waals surface area contributed by atoms with Crippen molar-refractivity contribution in [3.63, 3.8) is 0 Å². The fourth-order valence-corrected chi connectivity index (χ4v) is 9.24. The molecule has 0 bridgehead atoms. The minimum Gasteiger partial charge on any atom is -0.0684 e. The van der Waals surface area contributed by atoms with Crippen LogP contribution < -0.4 is 5.30 Å². The first-order chi connectivity index (χ1) is 10.9. The second-order valence-corrected chi connectivity index (χ2v) is 10.6. The van der Waals surface area contributed by atoms with E-state index in [1.807, 2.05) is 0 Å². The van der Waals surface area contributed by atoms with E-state index in [1.165, 1.54) is 64.2 Å². The molecular formula is C21H31P. The molecule has 2 saturated carbocycles. The lowest BCUT2D eigenvalue weighted by molar-refractivity contribution is 0.276. The standard InChI is InChI=1S/C21H31P/c1-4-10-17(11-5-1)20-16-21(18-12-6-2-7-13-18)22(20)19-14-8-3-9-15-19/h3,8-9,14-15,17-18,20-21H,1-2,4-7,10-13,16H2/t20-,21-/m1/s1. The van der Waals surface area contributed by atoms with E-state index in [0.717, 1.165) is 23.2 Å². The summed E-state index contributed by atoms with van der Waals surface area (Å²) in [6.07, 6.45) is 16.7. The Balaban J connectivity index is 1.53. The van der Waals surface area contributed by atoms with Crippen molar-refractivity contribution in [2.75, 3.05) is 0 Å². The summed E-state index contributed by atoms with van der Waals surface area (Å²) in [6, 6.07) is 11.7. The first-order valence-electron chi connectivity index (χ1n) is 9.77. The minimum absolute atomic E-state index is 0.135. The maximum atomic E-state index is 2.45. The topological polar surface area (TPSA) is 0 Å². The highest BCUT2D eigenvalue weighted by atomic mass is 31.1. The molecule has 1 saturated heterocycles. The van der Waals surface area contributed by atoms with E-state index < -0.39 is 0 Å². The van der Waals surface area contributed by atoms with Crippen molar-refractivity contribution in [2.24, 2.45) is 11.8 Å². The third-order valence-corrected chi connectivity index (χ3v) is 10.2. The van der Waals surface area contributed by atoms with Crippen LogP contribution in [0.3, 0.4) is 0 Å². The monoisotopic (exact) mass is 314 g/mol. The number of benzene rings is 1. The molecular weight excluding hydrogens is 283 g/mol. The van der Waals surface area contributed by atoms with Gasteiger partial charge in [-0.1, -0.05) is 76.8 Å². The summed E-state index contributed by atoms with van der Waals surface area (Å²) in [5.41, 5.74) is 2.15. The van der Waals surface area contributed by atoms with Crippen molar-refractivity contribution < 1.29 is 0 Å². The van der Waals surface area contributed by atoms with Gasteiger partial charge in [-0.15, -0.1) is 0 Å². The van der Waals surface area contributed by atoms with Crippen molar-refractivity contribution in [3.05, 3.63) is 30.3 Å². The van der Waals surface area contributed by atoms with Crippen LogP contribution in [0.4, 0.5) is 0 Å². The fraction of sp³-hybridized carbons (Fsp3) is 0.714. The highest BCUT2D eigenvalue weighted by Crippen LogP contribution is 2.66. The Bertz CT molecular complexity index is 432. The lowest BCUT2D eigenvalue weighted by atomic mass is 9.80. The first kappa shape index (κ1) is 15.2. The molecule has 1 aromatic carbocycles. The predicted octanol–water partition coefficient (Wildman–Crippen LogP) is 6.10. The Labute approximate surface area is 137 Å². The molecule has 0 aromatic heterocycles. The number of rotatable bonds is 3. The van der Waals surface area contributed by atoms with Gasteiger partial charge in [0.05, 0.1) is 0 Å². The summed E-state index contributed by atoms with van der Waals surface area (Å²) in [5.74, 6) is 2.14. The van der Waals surface area contributed by atoms with Crippen LogP contribution in [0.1, 0.15) is 70.6 Å². The maximum absolute atomic E-state index is 2.45. The molecule has 4 rings (SSSR count). The van der Waals surface area contributed by atoms with E-state index in [4.69, 9.17) is 0 Å². The van der Waals surface area contributed by atoms with E-state index in [-0.39, 0.29) is 7.92 Å². The van der Waals surface area contributed by atoms with Crippen molar-refractivity contribution in [2.45, 2.75) is 81.9 Å². The summed E-state index contributed by atoms with van der Waals surface area (Å²) >= 11 is 0. The predicted molar refractivity (Wildman–Crippen MR) is 98.3 cm³/mol. The molecule has 1 heteroatoms. The normalized spacial score (nSPS) is 31.8. The zero-order valence-electron chi connectivity index (χ0n) is 13.9. The summed E-state index contributed by atoms with van der Waals surface area (Å²) in [7, 11) is 0.135. The van der Waals surface area contributed by atoms with Gasteiger partial charge in [-0.3, -0.25) is 0 Å². The molecule has 0 radical (unpaired) electrons. The third-order valence-electron chi connectivity index (χ3n) is 6.64. The van der Waals surface area contributed by atoms with Crippen molar-refractivity contribution in [1.82, 2.24) is 0 Å². The van der Waals surface area contributed by atoms with Crippen molar-refractivity contribution >= 4 is 13.2 Å².